The van der Waals surface area contributed by atoms with E-state index in [1.54, 1.807) is 20.3 Å². The van der Waals surface area contributed by atoms with Gasteiger partial charge >= 0.3 is 0 Å². The van der Waals surface area contributed by atoms with E-state index in [4.69, 9.17) is 9.47 Å². The average molecular weight is 492 g/mol. The monoisotopic (exact) mass is 491 g/mol. The Hall–Kier alpha value is -4.05. The van der Waals surface area contributed by atoms with E-state index in [9.17, 15) is 9.90 Å². The van der Waals surface area contributed by atoms with Crippen LogP contribution in [0.25, 0.3) is 22.2 Å². The lowest BCUT2D eigenvalue weighted by Gasteiger charge is -2.10. The molecule has 1 aromatic heterocycles. The number of nitrogens with zero attached hydrogens (tertiary/aromatic N) is 4. The Balaban J connectivity index is 1.43. The number of carbonyl (C=O) groups excluding carboxylic acids is 1. The largest absolute Gasteiger partial charge is 0.507 e. The fourth-order valence-corrected chi connectivity index (χ4v) is 4.42. The molecule has 0 radical (unpaired) electrons. The van der Waals surface area contributed by atoms with E-state index in [0.717, 1.165) is 16.3 Å². The Kier molecular flexibility index (Phi) is 7.51. The summed E-state index contributed by atoms with van der Waals surface area (Å²) >= 11 is 1.26. The fraction of sp³-hybridized carbons (Fsp3) is 0.200. The molecule has 0 aliphatic carbocycles. The SMILES string of the molecule is CCn1c(SCC(=O)NN=Cc2c(O)ccc3ccccc23)nnc1-c1ccc(OC)c(OC)c1. The van der Waals surface area contributed by atoms with Crippen LogP contribution >= 0.6 is 11.8 Å². The maximum atomic E-state index is 12.4. The zero-order valence-electron chi connectivity index (χ0n) is 19.6. The smallest absolute Gasteiger partial charge is 0.250 e. The number of aromatic hydroxyl groups is 1. The molecular formula is C25H25N5O4S. The molecular weight excluding hydrogens is 466 g/mol. The van der Waals surface area contributed by atoms with Crippen molar-refractivity contribution >= 4 is 34.7 Å². The molecule has 1 heterocycles. The highest BCUT2D eigenvalue weighted by Crippen LogP contribution is 2.33. The number of aromatic nitrogens is 3. The minimum atomic E-state index is -0.302. The number of hydrogen-bond donors (Lipinski definition) is 2. The van der Waals surface area contributed by atoms with E-state index in [1.807, 2.05) is 60.0 Å². The zero-order valence-corrected chi connectivity index (χ0v) is 20.4. The third kappa shape index (κ3) is 5.22. The molecule has 0 atom stereocenters. The van der Waals surface area contributed by atoms with Gasteiger partial charge in [-0.15, -0.1) is 10.2 Å². The Morgan fingerprint density at radius 2 is 1.91 bits per heavy atom. The first kappa shape index (κ1) is 24.1. The first-order chi connectivity index (χ1) is 17.0. The van der Waals surface area contributed by atoms with Crippen molar-refractivity contribution in [2.75, 3.05) is 20.0 Å². The highest BCUT2D eigenvalue weighted by atomic mass is 32.2. The molecule has 35 heavy (non-hydrogen) atoms. The molecule has 0 unspecified atom stereocenters. The lowest BCUT2D eigenvalue weighted by Crippen LogP contribution is -2.20. The summed E-state index contributed by atoms with van der Waals surface area (Å²) in [5.41, 5.74) is 3.88. The van der Waals surface area contributed by atoms with E-state index in [0.29, 0.717) is 34.6 Å². The molecule has 0 spiro atoms. The summed E-state index contributed by atoms with van der Waals surface area (Å²) in [6, 6.07) is 16.6. The standard InChI is InChI=1S/C25H25N5O4S/c1-4-30-24(17-10-12-21(33-2)22(13-17)34-3)28-29-25(30)35-15-23(32)27-26-14-19-18-8-6-5-7-16(18)9-11-20(19)31/h5-14,31H,4,15H2,1-3H3,(H,27,32). The van der Waals surface area contributed by atoms with Gasteiger partial charge in [0.1, 0.15) is 5.75 Å². The van der Waals surface area contributed by atoms with Gasteiger partial charge in [-0.1, -0.05) is 42.1 Å². The van der Waals surface area contributed by atoms with Crippen LogP contribution in [-0.2, 0) is 11.3 Å². The summed E-state index contributed by atoms with van der Waals surface area (Å²) < 4.78 is 12.6. The van der Waals surface area contributed by atoms with Crippen molar-refractivity contribution in [3.05, 3.63) is 60.2 Å². The van der Waals surface area contributed by atoms with Crippen molar-refractivity contribution in [1.29, 1.82) is 0 Å². The van der Waals surface area contributed by atoms with E-state index >= 15 is 0 Å². The number of fused-ring (bicyclic) bond motifs is 1. The Labute approximate surface area is 206 Å². The first-order valence-corrected chi connectivity index (χ1v) is 11.8. The molecule has 9 nitrogen and oxygen atoms in total. The van der Waals surface area contributed by atoms with E-state index in [1.165, 1.54) is 18.0 Å². The summed E-state index contributed by atoms with van der Waals surface area (Å²) in [6.45, 7) is 2.61. The van der Waals surface area contributed by atoms with Gasteiger partial charge in [0.2, 0.25) is 0 Å². The highest BCUT2D eigenvalue weighted by Gasteiger charge is 2.16. The molecule has 0 aliphatic heterocycles. The van der Waals surface area contributed by atoms with Gasteiger partial charge in [-0.2, -0.15) is 5.10 Å². The van der Waals surface area contributed by atoms with Crippen LogP contribution in [0, 0.1) is 0 Å². The summed E-state index contributed by atoms with van der Waals surface area (Å²) in [5, 5.41) is 25.2. The second kappa shape index (κ2) is 10.9. The van der Waals surface area contributed by atoms with Crippen molar-refractivity contribution in [3.63, 3.8) is 0 Å². The van der Waals surface area contributed by atoms with E-state index < -0.39 is 0 Å². The summed E-state index contributed by atoms with van der Waals surface area (Å²) in [6.07, 6.45) is 1.45. The van der Waals surface area contributed by atoms with Gasteiger partial charge in [0, 0.05) is 17.7 Å². The number of phenolic OH excluding ortho intramolecular Hbond substituents is 1. The second-order valence-corrected chi connectivity index (χ2v) is 8.36. The molecule has 4 rings (SSSR count). The number of phenols is 1. The summed E-state index contributed by atoms with van der Waals surface area (Å²) in [4.78, 5) is 12.4. The lowest BCUT2D eigenvalue weighted by molar-refractivity contribution is -0.118. The Morgan fingerprint density at radius 3 is 2.69 bits per heavy atom. The number of carbonyl (C=O) groups is 1. The summed E-state index contributed by atoms with van der Waals surface area (Å²) in [5.74, 6) is 1.78. The molecule has 1 amide bonds. The van der Waals surface area contributed by atoms with Gasteiger partial charge in [-0.3, -0.25) is 4.79 Å². The number of rotatable bonds is 9. The number of methoxy groups -OCH3 is 2. The molecule has 10 heteroatoms. The predicted molar refractivity (Wildman–Crippen MR) is 136 cm³/mol. The van der Waals surface area contributed by atoms with Gasteiger partial charge in [0.05, 0.1) is 26.2 Å². The molecule has 4 aromatic rings. The summed E-state index contributed by atoms with van der Waals surface area (Å²) in [7, 11) is 3.16. The molecule has 0 saturated carbocycles. The van der Waals surface area contributed by atoms with Crippen LogP contribution in [0.15, 0.2) is 64.9 Å². The van der Waals surface area contributed by atoms with E-state index in [-0.39, 0.29) is 17.4 Å². The number of amides is 1. The number of nitrogens with one attached hydrogen (secondary N) is 1. The number of thioether (sulfide) groups is 1. The molecule has 180 valence electrons. The number of ether oxygens (including phenoxy) is 2. The number of hydrazone groups is 1. The average Bonchev–Trinajstić information content (AvgIpc) is 3.31. The quantitative estimate of drug-likeness (QED) is 0.206. The van der Waals surface area contributed by atoms with Crippen molar-refractivity contribution < 1.29 is 19.4 Å². The van der Waals surface area contributed by atoms with Gasteiger partial charge < -0.3 is 19.1 Å². The van der Waals surface area contributed by atoms with Crippen LogP contribution in [0.4, 0.5) is 0 Å². The van der Waals surface area contributed by atoms with Crippen LogP contribution < -0.4 is 14.9 Å². The van der Waals surface area contributed by atoms with Crippen LogP contribution in [0.1, 0.15) is 12.5 Å². The number of benzene rings is 3. The molecule has 0 bridgehead atoms. The lowest BCUT2D eigenvalue weighted by atomic mass is 10.0. The first-order valence-electron chi connectivity index (χ1n) is 10.9. The van der Waals surface area contributed by atoms with Crippen LogP contribution in [0.5, 0.6) is 17.2 Å². The molecule has 0 saturated heterocycles. The second-order valence-electron chi connectivity index (χ2n) is 7.42. The van der Waals surface area contributed by atoms with Crippen LogP contribution in [0.3, 0.4) is 0 Å². The topological polar surface area (TPSA) is 111 Å². The molecule has 3 aromatic carbocycles. The fourth-order valence-electron chi connectivity index (χ4n) is 3.62. The normalized spacial score (nSPS) is 11.2. The number of hydrogen-bond acceptors (Lipinski definition) is 8. The van der Waals surface area contributed by atoms with E-state index in [2.05, 4.69) is 20.7 Å². The van der Waals surface area contributed by atoms with Crippen molar-refractivity contribution in [3.8, 4) is 28.6 Å². The zero-order chi connectivity index (χ0) is 24.8. The minimum absolute atomic E-state index is 0.0924. The van der Waals surface area contributed by atoms with Crippen molar-refractivity contribution in [2.45, 2.75) is 18.6 Å². The van der Waals surface area contributed by atoms with Crippen LogP contribution in [0.2, 0.25) is 0 Å². The third-order valence-corrected chi connectivity index (χ3v) is 6.30. The van der Waals surface area contributed by atoms with Gasteiger partial charge in [-0.05, 0) is 42.0 Å². The maximum Gasteiger partial charge on any atom is 0.250 e. The van der Waals surface area contributed by atoms with Crippen LogP contribution in [-0.4, -0.2) is 52.0 Å². The van der Waals surface area contributed by atoms with Crippen molar-refractivity contribution in [1.82, 2.24) is 20.2 Å². The molecule has 0 fully saturated rings. The Morgan fingerprint density at radius 1 is 1.11 bits per heavy atom. The maximum absolute atomic E-state index is 12.4. The highest BCUT2D eigenvalue weighted by molar-refractivity contribution is 7.99. The Bertz CT molecular complexity index is 1390. The predicted octanol–water partition coefficient (Wildman–Crippen LogP) is 4.08. The van der Waals surface area contributed by atoms with Gasteiger partial charge in [0.15, 0.2) is 22.5 Å². The van der Waals surface area contributed by atoms with Gasteiger partial charge in [0.25, 0.3) is 5.91 Å². The molecule has 0 aliphatic rings. The molecule has 2 N–H and O–H groups in total. The van der Waals surface area contributed by atoms with Crippen molar-refractivity contribution in [2.24, 2.45) is 5.10 Å². The van der Waals surface area contributed by atoms with Gasteiger partial charge in [-0.25, -0.2) is 5.43 Å². The third-order valence-electron chi connectivity index (χ3n) is 5.34. The minimum Gasteiger partial charge on any atom is -0.507 e.